The summed E-state index contributed by atoms with van der Waals surface area (Å²) < 4.78 is 5.09. The molecule has 8 nitrogen and oxygen atoms in total. The van der Waals surface area contributed by atoms with Crippen molar-refractivity contribution in [1.29, 1.82) is 0 Å². The average molecular weight is 501 g/mol. The molecule has 0 bridgehead atoms. The van der Waals surface area contributed by atoms with Gasteiger partial charge in [-0.1, -0.05) is 41.9 Å². The molecule has 0 aliphatic heterocycles. The second-order valence-corrected chi connectivity index (χ2v) is 8.95. The number of carbonyl (C=O) groups excluding carboxylic acids is 1. The SMILES string of the molecule is Cc1nn(CCCC(=O)NCc2cccc(Cl)c2)c(=O)c2c(-n3cccc3)n(-c3ccccc3)nc12. The lowest BCUT2D eigenvalue weighted by molar-refractivity contribution is -0.121. The van der Waals surface area contributed by atoms with Crippen molar-refractivity contribution in [3.8, 4) is 11.5 Å². The summed E-state index contributed by atoms with van der Waals surface area (Å²) in [5, 5.41) is 13.3. The molecule has 3 aromatic heterocycles. The van der Waals surface area contributed by atoms with Gasteiger partial charge in [0.2, 0.25) is 5.91 Å². The largest absolute Gasteiger partial charge is 0.352 e. The molecule has 0 saturated carbocycles. The van der Waals surface area contributed by atoms with Crippen LogP contribution in [0.25, 0.3) is 22.4 Å². The molecule has 0 aliphatic rings. The van der Waals surface area contributed by atoms with Gasteiger partial charge in [0.05, 0.1) is 11.4 Å². The van der Waals surface area contributed by atoms with E-state index in [1.807, 2.05) is 84.5 Å². The van der Waals surface area contributed by atoms with Crippen molar-refractivity contribution in [2.75, 3.05) is 0 Å². The topological polar surface area (TPSA) is 86.7 Å². The van der Waals surface area contributed by atoms with E-state index in [2.05, 4.69) is 10.4 Å². The standard InChI is InChI=1S/C27H25ClN6O2/c1-19-25-24(26(32-14-5-6-15-32)34(31-25)22-11-3-2-4-12-22)27(36)33(30-19)16-8-13-23(35)29-18-20-9-7-10-21(28)17-20/h2-7,9-12,14-15,17H,8,13,16,18H2,1H3,(H,29,35). The van der Waals surface area contributed by atoms with E-state index in [9.17, 15) is 9.59 Å². The molecule has 1 N–H and O–H groups in total. The van der Waals surface area contributed by atoms with E-state index in [0.29, 0.717) is 46.9 Å². The molecule has 0 aliphatic carbocycles. The van der Waals surface area contributed by atoms with E-state index in [0.717, 1.165) is 11.3 Å². The zero-order chi connectivity index (χ0) is 25.1. The highest BCUT2D eigenvalue weighted by Gasteiger charge is 2.21. The van der Waals surface area contributed by atoms with Gasteiger partial charge in [0, 0.05) is 36.9 Å². The summed E-state index contributed by atoms with van der Waals surface area (Å²) in [6.45, 7) is 2.57. The average Bonchev–Trinajstić information content (AvgIpc) is 3.55. The van der Waals surface area contributed by atoms with Crippen LogP contribution >= 0.6 is 11.6 Å². The quantitative estimate of drug-likeness (QED) is 0.341. The molecule has 1 amide bonds. The predicted molar refractivity (Wildman–Crippen MR) is 140 cm³/mol. The zero-order valence-corrected chi connectivity index (χ0v) is 20.5. The van der Waals surface area contributed by atoms with Crippen molar-refractivity contribution in [2.45, 2.75) is 32.9 Å². The number of para-hydroxylation sites is 1. The molecule has 0 atom stereocenters. The Morgan fingerprint density at radius 3 is 2.53 bits per heavy atom. The molecular formula is C27H25ClN6O2. The lowest BCUT2D eigenvalue weighted by Crippen LogP contribution is -2.26. The highest BCUT2D eigenvalue weighted by Crippen LogP contribution is 2.24. The molecule has 9 heteroatoms. The second kappa shape index (κ2) is 10.2. The highest BCUT2D eigenvalue weighted by atomic mass is 35.5. The van der Waals surface area contributed by atoms with Crippen LogP contribution in [0.15, 0.2) is 83.9 Å². The van der Waals surface area contributed by atoms with Crippen molar-refractivity contribution in [2.24, 2.45) is 0 Å². The van der Waals surface area contributed by atoms with Crippen molar-refractivity contribution in [3.63, 3.8) is 0 Å². The third-order valence-corrected chi connectivity index (χ3v) is 6.16. The third-order valence-electron chi connectivity index (χ3n) is 5.92. The number of halogens is 1. The first kappa shape index (κ1) is 23.6. The fraction of sp³-hybridized carbons (Fsp3) is 0.185. The number of amides is 1. The van der Waals surface area contributed by atoms with Gasteiger partial charge in [-0.05, 0) is 55.3 Å². The smallest absolute Gasteiger partial charge is 0.280 e. The number of rotatable bonds is 8. The molecule has 36 heavy (non-hydrogen) atoms. The van der Waals surface area contributed by atoms with Crippen molar-refractivity contribution < 1.29 is 4.79 Å². The molecule has 0 unspecified atom stereocenters. The Morgan fingerprint density at radius 2 is 1.78 bits per heavy atom. The van der Waals surface area contributed by atoms with Crippen LogP contribution < -0.4 is 10.9 Å². The minimum Gasteiger partial charge on any atom is -0.352 e. The normalized spacial score (nSPS) is 11.2. The Bertz CT molecular complexity index is 1570. The van der Waals surface area contributed by atoms with Crippen LogP contribution in [0.1, 0.15) is 24.1 Å². The molecule has 0 radical (unpaired) electrons. The first-order chi connectivity index (χ1) is 17.5. The summed E-state index contributed by atoms with van der Waals surface area (Å²) in [4.78, 5) is 25.9. The van der Waals surface area contributed by atoms with E-state index in [1.54, 1.807) is 10.7 Å². The summed E-state index contributed by atoms with van der Waals surface area (Å²) in [5.74, 6) is 0.565. The van der Waals surface area contributed by atoms with Gasteiger partial charge >= 0.3 is 0 Å². The van der Waals surface area contributed by atoms with Crippen LogP contribution in [0.5, 0.6) is 0 Å². The van der Waals surface area contributed by atoms with E-state index in [1.165, 1.54) is 4.68 Å². The first-order valence-electron chi connectivity index (χ1n) is 11.7. The van der Waals surface area contributed by atoms with Gasteiger partial charge in [0.15, 0.2) is 5.82 Å². The van der Waals surface area contributed by atoms with E-state index in [-0.39, 0.29) is 17.9 Å². The number of fused-ring (bicyclic) bond motifs is 1. The monoisotopic (exact) mass is 500 g/mol. The predicted octanol–water partition coefficient (Wildman–Crippen LogP) is 4.43. The summed E-state index contributed by atoms with van der Waals surface area (Å²) in [6.07, 6.45) is 4.53. The summed E-state index contributed by atoms with van der Waals surface area (Å²) in [7, 11) is 0. The Morgan fingerprint density at radius 1 is 1.00 bits per heavy atom. The maximum atomic E-state index is 13.6. The summed E-state index contributed by atoms with van der Waals surface area (Å²) >= 11 is 6.00. The third kappa shape index (κ3) is 4.81. The molecule has 5 rings (SSSR count). The van der Waals surface area contributed by atoms with E-state index in [4.69, 9.17) is 16.7 Å². The molecule has 0 spiro atoms. The number of aryl methyl sites for hydroxylation is 2. The van der Waals surface area contributed by atoms with Gasteiger partial charge < -0.3 is 9.88 Å². The minimum atomic E-state index is -0.235. The van der Waals surface area contributed by atoms with Crippen LogP contribution in [0, 0.1) is 6.92 Å². The van der Waals surface area contributed by atoms with Gasteiger partial charge in [-0.2, -0.15) is 10.2 Å². The number of aromatic nitrogens is 5. The van der Waals surface area contributed by atoms with Gasteiger partial charge in [-0.25, -0.2) is 9.36 Å². The van der Waals surface area contributed by atoms with Crippen LogP contribution in [-0.4, -0.2) is 30.0 Å². The van der Waals surface area contributed by atoms with Crippen LogP contribution in [0.2, 0.25) is 5.02 Å². The first-order valence-corrected chi connectivity index (χ1v) is 12.1. The lowest BCUT2D eigenvalue weighted by Gasteiger charge is -2.10. The Hall–Kier alpha value is -4.17. The zero-order valence-electron chi connectivity index (χ0n) is 19.8. The maximum absolute atomic E-state index is 13.6. The molecule has 2 aromatic carbocycles. The summed E-state index contributed by atoms with van der Waals surface area (Å²) in [6, 6.07) is 20.9. The minimum absolute atomic E-state index is 0.0919. The number of carbonyl (C=O) groups is 1. The fourth-order valence-electron chi connectivity index (χ4n) is 4.20. The van der Waals surface area contributed by atoms with Crippen LogP contribution in [0.4, 0.5) is 0 Å². The number of nitrogens with zero attached hydrogens (tertiary/aromatic N) is 5. The number of nitrogens with one attached hydrogen (secondary N) is 1. The fourth-order valence-corrected chi connectivity index (χ4v) is 4.42. The Kier molecular flexibility index (Phi) is 6.69. The molecule has 0 fully saturated rings. The Labute approximate surface area is 212 Å². The number of hydrogen-bond acceptors (Lipinski definition) is 4. The van der Waals surface area contributed by atoms with Crippen molar-refractivity contribution in [3.05, 3.63) is 106 Å². The number of hydrogen-bond donors (Lipinski definition) is 1. The lowest BCUT2D eigenvalue weighted by atomic mass is 10.2. The van der Waals surface area contributed by atoms with Gasteiger partial charge in [0.25, 0.3) is 5.56 Å². The van der Waals surface area contributed by atoms with Crippen LogP contribution in [-0.2, 0) is 17.9 Å². The molecule has 3 heterocycles. The molecule has 182 valence electrons. The van der Waals surface area contributed by atoms with Gasteiger partial charge in [0.1, 0.15) is 10.9 Å². The van der Waals surface area contributed by atoms with E-state index >= 15 is 0 Å². The van der Waals surface area contributed by atoms with Gasteiger partial charge in [-0.15, -0.1) is 0 Å². The highest BCUT2D eigenvalue weighted by molar-refractivity contribution is 6.30. The Balaban J connectivity index is 1.39. The summed E-state index contributed by atoms with van der Waals surface area (Å²) in [5.41, 5.74) is 2.75. The van der Waals surface area contributed by atoms with Gasteiger partial charge in [-0.3, -0.25) is 9.59 Å². The molecule has 5 aromatic rings. The molecule has 0 saturated heterocycles. The van der Waals surface area contributed by atoms with Crippen molar-refractivity contribution in [1.82, 2.24) is 29.4 Å². The van der Waals surface area contributed by atoms with Crippen LogP contribution in [0.3, 0.4) is 0 Å². The van der Waals surface area contributed by atoms with Crippen molar-refractivity contribution >= 4 is 28.4 Å². The maximum Gasteiger partial charge on any atom is 0.280 e. The number of benzene rings is 2. The van der Waals surface area contributed by atoms with E-state index < -0.39 is 0 Å². The molecular weight excluding hydrogens is 476 g/mol. The second-order valence-electron chi connectivity index (χ2n) is 8.51.